The van der Waals surface area contributed by atoms with Gasteiger partial charge in [-0.05, 0) is 31.5 Å². The predicted molar refractivity (Wildman–Crippen MR) is 74.1 cm³/mol. The lowest BCUT2D eigenvalue weighted by Gasteiger charge is -2.09. The summed E-state index contributed by atoms with van der Waals surface area (Å²) < 4.78 is 10.2. The van der Waals surface area contributed by atoms with Gasteiger partial charge in [-0.15, -0.1) is 0 Å². The zero-order valence-corrected chi connectivity index (χ0v) is 11.6. The molecule has 1 aromatic carbocycles. The smallest absolute Gasteiger partial charge is 0.357 e. The van der Waals surface area contributed by atoms with Crippen LogP contribution < -0.4 is 10.4 Å². The molecule has 0 radical (unpaired) electrons. The molecule has 2 rings (SSSR count). The van der Waals surface area contributed by atoms with Crippen molar-refractivity contribution in [1.29, 1.82) is 0 Å². The molecule has 0 bridgehead atoms. The molecule has 0 amide bonds. The number of H-pyrrole nitrogens is 2. The number of methoxy groups -OCH3 is 1. The number of hydrogen-bond acceptors (Lipinski definition) is 4. The maximum absolute atomic E-state index is 11.9. The van der Waals surface area contributed by atoms with Crippen LogP contribution in [0.3, 0.4) is 0 Å². The standard InChI is InChI=1S/C14H16N2O4/c1-4-20-13(17)12-11(15-14(18)16-12)9-6-5-8(2)7-10(9)19-3/h5-7H,4H2,1-3H3,(H2,15,16,18). The van der Waals surface area contributed by atoms with Crippen LogP contribution in [0.2, 0.25) is 0 Å². The zero-order valence-electron chi connectivity index (χ0n) is 11.6. The van der Waals surface area contributed by atoms with Crippen molar-refractivity contribution >= 4 is 5.97 Å². The highest BCUT2D eigenvalue weighted by atomic mass is 16.5. The van der Waals surface area contributed by atoms with Gasteiger partial charge in [0.2, 0.25) is 0 Å². The third-order valence-electron chi connectivity index (χ3n) is 2.83. The SMILES string of the molecule is CCOC(=O)c1[nH]c(=O)[nH]c1-c1ccc(C)cc1OC. The number of aromatic amines is 2. The maximum atomic E-state index is 11.9. The first-order valence-electron chi connectivity index (χ1n) is 6.21. The summed E-state index contributed by atoms with van der Waals surface area (Å²) >= 11 is 0. The molecule has 0 atom stereocenters. The summed E-state index contributed by atoms with van der Waals surface area (Å²) in [7, 11) is 1.53. The predicted octanol–water partition coefficient (Wildman–Crippen LogP) is 1.86. The molecule has 6 nitrogen and oxygen atoms in total. The normalized spacial score (nSPS) is 10.3. The lowest BCUT2D eigenvalue weighted by molar-refractivity contribution is 0.0521. The van der Waals surface area contributed by atoms with Gasteiger partial charge in [0.05, 0.1) is 19.4 Å². The number of carbonyl (C=O) groups excluding carboxylic acids is 1. The van der Waals surface area contributed by atoms with Crippen molar-refractivity contribution in [2.75, 3.05) is 13.7 Å². The number of imidazole rings is 1. The first kappa shape index (κ1) is 13.9. The molecule has 0 saturated heterocycles. The van der Waals surface area contributed by atoms with E-state index in [0.29, 0.717) is 17.0 Å². The number of aromatic nitrogens is 2. The monoisotopic (exact) mass is 276 g/mol. The molecule has 20 heavy (non-hydrogen) atoms. The van der Waals surface area contributed by atoms with Gasteiger partial charge in [-0.3, -0.25) is 4.98 Å². The number of aryl methyl sites for hydroxylation is 1. The molecule has 0 spiro atoms. The summed E-state index contributed by atoms with van der Waals surface area (Å²) in [6.45, 7) is 3.86. The van der Waals surface area contributed by atoms with Crippen molar-refractivity contribution in [3.8, 4) is 17.0 Å². The molecule has 0 saturated carbocycles. The van der Waals surface area contributed by atoms with Gasteiger partial charge in [0.15, 0.2) is 5.69 Å². The van der Waals surface area contributed by atoms with E-state index in [1.165, 1.54) is 7.11 Å². The minimum Gasteiger partial charge on any atom is -0.496 e. The Balaban J connectivity index is 2.58. The van der Waals surface area contributed by atoms with Crippen LogP contribution in [0.1, 0.15) is 23.0 Å². The second kappa shape index (κ2) is 5.64. The van der Waals surface area contributed by atoms with Gasteiger partial charge in [0, 0.05) is 5.56 Å². The highest BCUT2D eigenvalue weighted by Crippen LogP contribution is 2.30. The fraction of sp³-hybridized carbons (Fsp3) is 0.286. The lowest BCUT2D eigenvalue weighted by atomic mass is 10.1. The molecule has 0 aliphatic heterocycles. The highest BCUT2D eigenvalue weighted by Gasteiger charge is 2.20. The van der Waals surface area contributed by atoms with E-state index in [1.54, 1.807) is 13.0 Å². The molecule has 1 heterocycles. The van der Waals surface area contributed by atoms with E-state index in [9.17, 15) is 9.59 Å². The average molecular weight is 276 g/mol. The number of nitrogens with one attached hydrogen (secondary N) is 2. The van der Waals surface area contributed by atoms with E-state index in [2.05, 4.69) is 9.97 Å². The molecular weight excluding hydrogens is 260 g/mol. The summed E-state index contributed by atoms with van der Waals surface area (Å²) in [5.41, 5.74) is 1.63. The van der Waals surface area contributed by atoms with E-state index >= 15 is 0 Å². The number of ether oxygens (including phenoxy) is 2. The third-order valence-corrected chi connectivity index (χ3v) is 2.83. The van der Waals surface area contributed by atoms with Crippen molar-refractivity contribution in [2.24, 2.45) is 0 Å². The van der Waals surface area contributed by atoms with Crippen LogP contribution in [0.5, 0.6) is 5.75 Å². The van der Waals surface area contributed by atoms with Crippen molar-refractivity contribution in [3.63, 3.8) is 0 Å². The Morgan fingerprint density at radius 2 is 2.05 bits per heavy atom. The average Bonchev–Trinajstić information content (AvgIpc) is 2.80. The fourth-order valence-electron chi connectivity index (χ4n) is 1.95. The summed E-state index contributed by atoms with van der Waals surface area (Å²) in [5, 5.41) is 0. The van der Waals surface area contributed by atoms with E-state index < -0.39 is 11.7 Å². The van der Waals surface area contributed by atoms with Gasteiger partial charge in [-0.1, -0.05) is 6.07 Å². The Morgan fingerprint density at radius 3 is 2.70 bits per heavy atom. The molecule has 0 aliphatic rings. The highest BCUT2D eigenvalue weighted by molar-refractivity contribution is 5.95. The number of hydrogen-bond donors (Lipinski definition) is 2. The van der Waals surface area contributed by atoms with Crippen molar-refractivity contribution < 1.29 is 14.3 Å². The molecule has 0 unspecified atom stereocenters. The minimum absolute atomic E-state index is 0.0963. The molecular formula is C14H16N2O4. The van der Waals surface area contributed by atoms with Crippen LogP contribution in [-0.4, -0.2) is 29.7 Å². The van der Waals surface area contributed by atoms with Crippen LogP contribution in [0.15, 0.2) is 23.0 Å². The molecule has 0 aliphatic carbocycles. The second-order valence-corrected chi connectivity index (χ2v) is 4.25. The summed E-state index contributed by atoms with van der Waals surface area (Å²) in [6, 6.07) is 5.49. The fourth-order valence-corrected chi connectivity index (χ4v) is 1.95. The Hall–Kier alpha value is -2.50. The van der Waals surface area contributed by atoms with Gasteiger partial charge < -0.3 is 14.5 Å². The minimum atomic E-state index is -0.580. The Labute approximate surface area is 115 Å². The lowest BCUT2D eigenvalue weighted by Crippen LogP contribution is -2.08. The van der Waals surface area contributed by atoms with Crippen LogP contribution in [0.25, 0.3) is 11.3 Å². The van der Waals surface area contributed by atoms with E-state index in [-0.39, 0.29) is 12.3 Å². The van der Waals surface area contributed by atoms with Crippen LogP contribution in [0, 0.1) is 6.92 Å². The van der Waals surface area contributed by atoms with Crippen LogP contribution in [0.4, 0.5) is 0 Å². The van der Waals surface area contributed by atoms with Gasteiger partial charge in [0.25, 0.3) is 0 Å². The van der Waals surface area contributed by atoms with Crippen LogP contribution in [-0.2, 0) is 4.74 Å². The van der Waals surface area contributed by atoms with Crippen molar-refractivity contribution in [3.05, 3.63) is 39.9 Å². The summed E-state index contributed by atoms with van der Waals surface area (Å²) in [6.07, 6.45) is 0. The number of carbonyl (C=O) groups is 1. The van der Waals surface area contributed by atoms with E-state index in [1.807, 2.05) is 19.1 Å². The molecule has 0 fully saturated rings. The third kappa shape index (κ3) is 2.59. The van der Waals surface area contributed by atoms with Gasteiger partial charge in [-0.2, -0.15) is 0 Å². The van der Waals surface area contributed by atoms with Crippen molar-refractivity contribution in [2.45, 2.75) is 13.8 Å². The van der Waals surface area contributed by atoms with Crippen molar-refractivity contribution in [1.82, 2.24) is 9.97 Å². The van der Waals surface area contributed by atoms with Gasteiger partial charge in [0.1, 0.15) is 5.75 Å². The molecule has 1 aromatic heterocycles. The topological polar surface area (TPSA) is 84.2 Å². The van der Waals surface area contributed by atoms with Gasteiger partial charge >= 0.3 is 11.7 Å². The Morgan fingerprint density at radius 1 is 1.30 bits per heavy atom. The summed E-state index contributed by atoms with van der Waals surface area (Å²) in [5.74, 6) is -0.00530. The summed E-state index contributed by atoms with van der Waals surface area (Å²) in [4.78, 5) is 28.4. The first-order chi connectivity index (χ1) is 9.56. The molecule has 6 heteroatoms. The second-order valence-electron chi connectivity index (χ2n) is 4.25. The zero-order chi connectivity index (χ0) is 14.7. The largest absolute Gasteiger partial charge is 0.496 e. The maximum Gasteiger partial charge on any atom is 0.357 e. The Kier molecular flexibility index (Phi) is 3.93. The number of benzene rings is 1. The Bertz CT molecular complexity index is 685. The van der Waals surface area contributed by atoms with E-state index in [0.717, 1.165) is 5.56 Å². The number of rotatable bonds is 4. The molecule has 2 aromatic rings. The molecule has 106 valence electrons. The number of esters is 1. The quantitative estimate of drug-likeness (QED) is 0.835. The van der Waals surface area contributed by atoms with Gasteiger partial charge in [-0.25, -0.2) is 9.59 Å². The van der Waals surface area contributed by atoms with Crippen LogP contribution >= 0.6 is 0 Å². The first-order valence-corrected chi connectivity index (χ1v) is 6.21. The molecule has 2 N–H and O–H groups in total. The van der Waals surface area contributed by atoms with E-state index in [4.69, 9.17) is 9.47 Å².